The fourth-order valence-corrected chi connectivity index (χ4v) is 4.45. The number of methoxy groups -OCH3 is 1. The van der Waals surface area contributed by atoms with Gasteiger partial charge in [-0.25, -0.2) is 4.79 Å². The zero-order valence-corrected chi connectivity index (χ0v) is 16.1. The first-order chi connectivity index (χ1) is 13.0. The Bertz CT molecular complexity index is 851. The van der Waals surface area contributed by atoms with Crippen molar-refractivity contribution in [3.05, 3.63) is 40.4 Å². The number of carbonyl (C=O) groups excluding carboxylic acids is 3. The number of imide groups is 1. The van der Waals surface area contributed by atoms with E-state index in [0.717, 1.165) is 15.9 Å². The second-order valence-corrected chi connectivity index (χ2v) is 7.70. The lowest BCUT2D eigenvalue weighted by Crippen LogP contribution is -2.28. The highest BCUT2D eigenvalue weighted by Crippen LogP contribution is 2.52. The molecule has 140 valence electrons. The molecule has 4 unspecified atom stereocenters. The zero-order chi connectivity index (χ0) is 19.1. The molecule has 4 atom stereocenters. The van der Waals surface area contributed by atoms with Gasteiger partial charge in [-0.3, -0.25) is 9.59 Å². The minimum absolute atomic E-state index is 0.140. The van der Waals surface area contributed by atoms with Crippen LogP contribution in [-0.2, 0) is 19.1 Å². The van der Waals surface area contributed by atoms with E-state index in [-0.39, 0.29) is 42.1 Å². The van der Waals surface area contributed by atoms with E-state index in [1.807, 2.05) is 12.2 Å². The predicted octanol–water partition coefficient (Wildman–Crippen LogP) is 2.14. The summed E-state index contributed by atoms with van der Waals surface area (Å²) in [5.74, 6) is -0.905. The number of allylic oxidation sites excluding steroid dienone is 2. The maximum Gasteiger partial charge on any atom is 0.343 e. The van der Waals surface area contributed by atoms with Crippen LogP contribution in [0.2, 0.25) is 0 Å². The number of carbonyl (C=O) groups is 3. The van der Waals surface area contributed by atoms with Gasteiger partial charge < -0.3 is 9.47 Å². The molecule has 27 heavy (non-hydrogen) atoms. The van der Waals surface area contributed by atoms with Gasteiger partial charge in [0.1, 0.15) is 5.75 Å². The number of amides is 2. The number of hydrazone groups is 1. The lowest BCUT2D eigenvalue weighted by molar-refractivity contribution is -0.143. The van der Waals surface area contributed by atoms with E-state index in [9.17, 15) is 14.4 Å². The molecule has 1 aromatic carbocycles. The molecule has 7 nitrogen and oxygen atoms in total. The van der Waals surface area contributed by atoms with Crippen LogP contribution in [0.3, 0.4) is 0 Å². The van der Waals surface area contributed by atoms with Gasteiger partial charge in [0.05, 0.1) is 25.2 Å². The van der Waals surface area contributed by atoms with Gasteiger partial charge >= 0.3 is 5.97 Å². The molecule has 1 saturated heterocycles. The number of esters is 1. The first-order valence-electron chi connectivity index (χ1n) is 8.59. The van der Waals surface area contributed by atoms with Crippen LogP contribution in [0.5, 0.6) is 5.75 Å². The van der Waals surface area contributed by atoms with Crippen LogP contribution >= 0.6 is 15.9 Å². The van der Waals surface area contributed by atoms with E-state index in [1.165, 1.54) is 13.3 Å². The van der Waals surface area contributed by atoms with Gasteiger partial charge in [-0.1, -0.05) is 28.1 Å². The maximum atomic E-state index is 12.7. The van der Waals surface area contributed by atoms with Crippen molar-refractivity contribution in [2.24, 2.45) is 28.8 Å². The molecular weight excluding hydrogens is 416 g/mol. The standard InChI is InChI=1S/C19H17BrN2O5/c1-26-15(23)9-27-14-5-4-13(20)7-12(14)8-21-22-18(24)16-10-2-3-11(6-10)17(16)19(22)25/h2-5,7-8,10-11,16-17H,6,9H2,1H3. The molecule has 1 aliphatic heterocycles. The van der Waals surface area contributed by atoms with E-state index in [2.05, 4.69) is 25.8 Å². The highest BCUT2D eigenvalue weighted by atomic mass is 79.9. The number of rotatable bonds is 5. The molecule has 1 aromatic rings. The molecular formula is C19H17BrN2O5. The van der Waals surface area contributed by atoms with Crippen molar-refractivity contribution in [2.45, 2.75) is 6.42 Å². The van der Waals surface area contributed by atoms with Crippen LogP contribution in [0.25, 0.3) is 0 Å². The highest BCUT2D eigenvalue weighted by Gasteiger charge is 2.59. The molecule has 1 heterocycles. The normalized spacial score (nSPS) is 28.3. The summed E-state index contributed by atoms with van der Waals surface area (Å²) in [6.45, 7) is -0.250. The van der Waals surface area contributed by atoms with Crippen molar-refractivity contribution in [3.63, 3.8) is 0 Å². The first-order valence-corrected chi connectivity index (χ1v) is 9.38. The van der Waals surface area contributed by atoms with Crippen LogP contribution < -0.4 is 4.74 Å². The van der Waals surface area contributed by atoms with Crippen molar-refractivity contribution < 1.29 is 23.9 Å². The highest BCUT2D eigenvalue weighted by molar-refractivity contribution is 9.10. The van der Waals surface area contributed by atoms with E-state index in [1.54, 1.807) is 18.2 Å². The smallest absolute Gasteiger partial charge is 0.343 e. The van der Waals surface area contributed by atoms with Crippen LogP contribution in [0.15, 0.2) is 39.9 Å². The van der Waals surface area contributed by atoms with Crippen molar-refractivity contribution in [1.82, 2.24) is 5.01 Å². The van der Waals surface area contributed by atoms with Gasteiger partial charge in [0.25, 0.3) is 11.8 Å². The minimum Gasteiger partial charge on any atom is -0.481 e. The summed E-state index contributed by atoms with van der Waals surface area (Å²) in [5.41, 5.74) is 0.534. The average molecular weight is 433 g/mol. The molecule has 2 aliphatic carbocycles. The summed E-state index contributed by atoms with van der Waals surface area (Å²) < 4.78 is 10.8. The number of nitrogens with zero attached hydrogens (tertiary/aromatic N) is 2. The van der Waals surface area contributed by atoms with E-state index < -0.39 is 5.97 Å². The van der Waals surface area contributed by atoms with Gasteiger partial charge in [0.2, 0.25) is 0 Å². The molecule has 0 spiro atoms. The van der Waals surface area contributed by atoms with Crippen molar-refractivity contribution in [3.8, 4) is 5.75 Å². The van der Waals surface area contributed by atoms with Gasteiger partial charge in [-0.05, 0) is 36.5 Å². The monoisotopic (exact) mass is 432 g/mol. The lowest BCUT2D eigenvalue weighted by Gasteiger charge is -2.13. The summed E-state index contributed by atoms with van der Waals surface area (Å²) in [5, 5.41) is 5.13. The van der Waals surface area contributed by atoms with Crippen LogP contribution in [0.1, 0.15) is 12.0 Å². The largest absolute Gasteiger partial charge is 0.481 e. The Morgan fingerprint density at radius 3 is 2.56 bits per heavy atom. The summed E-state index contributed by atoms with van der Waals surface area (Å²) in [6.07, 6.45) is 6.36. The van der Waals surface area contributed by atoms with Gasteiger partial charge in [0, 0.05) is 10.0 Å². The molecule has 4 rings (SSSR count). The van der Waals surface area contributed by atoms with Crippen LogP contribution in [-0.4, -0.2) is 42.7 Å². The van der Waals surface area contributed by atoms with Crippen molar-refractivity contribution in [2.75, 3.05) is 13.7 Å². The number of ether oxygens (including phenoxy) is 2. The minimum atomic E-state index is -0.512. The molecule has 2 bridgehead atoms. The summed E-state index contributed by atoms with van der Waals surface area (Å²) >= 11 is 3.37. The Morgan fingerprint density at radius 1 is 1.26 bits per heavy atom. The van der Waals surface area contributed by atoms with Crippen molar-refractivity contribution in [1.29, 1.82) is 0 Å². The van der Waals surface area contributed by atoms with E-state index in [4.69, 9.17) is 4.74 Å². The van der Waals surface area contributed by atoms with Gasteiger partial charge in [-0.2, -0.15) is 10.1 Å². The quantitative estimate of drug-likeness (QED) is 0.308. The zero-order valence-electron chi connectivity index (χ0n) is 14.5. The Hall–Kier alpha value is -2.48. The molecule has 2 fully saturated rings. The predicted molar refractivity (Wildman–Crippen MR) is 98.8 cm³/mol. The number of benzene rings is 1. The van der Waals surface area contributed by atoms with Gasteiger partial charge in [-0.15, -0.1) is 0 Å². The second kappa shape index (κ2) is 6.92. The Morgan fingerprint density at radius 2 is 1.93 bits per heavy atom. The van der Waals surface area contributed by atoms with E-state index >= 15 is 0 Å². The number of fused-ring (bicyclic) bond motifs is 5. The second-order valence-electron chi connectivity index (χ2n) is 6.78. The number of hydrogen-bond donors (Lipinski definition) is 0. The molecule has 3 aliphatic rings. The van der Waals surface area contributed by atoms with Gasteiger partial charge in [0.15, 0.2) is 6.61 Å². The number of halogens is 1. The lowest BCUT2D eigenvalue weighted by atomic mass is 9.85. The first kappa shape index (κ1) is 17.9. The van der Waals surface area contributed by atoms with Crippen LogP contribution in [0, 0.1) is 23.7 Å². The summed E-state index contributed by atoms with van der Waals surface area (Å²) in [4.78, 5) is 36.6. The maximum absolute atomic E-state index is 12.7. The molecule has 1 saturated carbocycles. The molecule has 8 heteroatoms. The Kier molecular flexibility index (Phi) is 4.59. The van der Waals surface area contributed by atoms with E-state index in [0.29, 0.717) is 11.3 Å². The SMILES string of the molecule is COC(=O)COc1ccc(Br)cc1C=NN1C(=O)C2C3C=CC(C3)C2C1=O. The fraction of sp³-hybridized carbons (Fsp3) is 0.368. The molecule has 0 aromatic heterocycles. The third kappa shape index (κ3) is 3.07. The van der Waals surface area contributed by atoms with Crippen molar-refractivity contribution >= 4 is 39.9 Å². The third-order valence-corrected chi connectivity index (χ3v) is 5.80. The fourth-order valence-electron chi connectivity index (χ4n) is 4.07. The Balaban J connectivity index is 1.55. The molecule has 0 radical (unpaired) electrons. The third-order valence-electron chi connectivity index (χ3n) is 5.30. The summed E-state index contributed by atoms with van der Waals surface area (Å²) in [6, 6.07) is 5.15. The summed E-state index contributed by atoms with van der Waals surface area (Å²) in [7, 11) is 1.28. The number of hydrogen-bond acceptors (Lipinski definition) is 6. The Labute approximate surface area is 164 Å². The molecule has 0 N–H and O–H groups in total. The average Bonchev–Trinajstić information content (AvgIpc) is 3.33. The van der Waals surface area contributed by atoms with Crippen LogP contribution in [0.4, 0.5) is 0 Å². The molecule has 2 amide bonds. The topological polar surface area (TPSA) is 85.3 Å².